The van der Waals surface area contributed by atoms with Gasteiger partial charge in [0.1, 0.15) is 0 Å². The highest BCUT2D eigenvalue weighted by Gasteiger charge is 2.35. The minimum atomic E-state index is -3.58. The zero-order valence-corrected chi connectivity index (χ0v) is 14.9. The summed E-state index contributed by atoms with van der Waals surface area (Å²) in [4.78, 5) is 11.7. The standard InChI is InChI=1S/C19H21NO4S/c1-24-19(21)16-9-11-18(12-10-16)25(22,23)20-13-5-8-17(20)14-15-6-3-2-4-7-15/h2-4,6-7,9-12,17H,5,8,13-14H2,1H3/t17-/m0/s1. The number of carbonyl (C=O) groups excluding carboxylic acids is 1. The zero-order chi connectivity index (χ0) is 17.9. The highest BCUT2D eigenvalue weighted by molar-refractivity contribution is 7.89. The second kappa shape index (κ2) is 7.37. The molecule has 0 amide bonds. The molecule has 1 aliphatic heterocycles. The molecule has 1 fully saturated rings. The largest absolute Gasteiger partial charge is 0.465 e. The van der Waals surface area contributed by atoms with Crippen LogP contribution in [0.4, 0.5) is 0 Å². The SMILES string of the molecule is COC(=O)c1ccc(S(=O)(=O)N2CCC[C@H]2Cc2ccccc2)cc1. The Bertz CT molecular complexity index is 831. The summed E-state index contributed by atoms with van der Waals surface area (Å²) in [6.45, 7) is 0.526. The molecule has 1 aliphatic rings. The molecule has 6 heteroatoms. The number of benzene rings is 2. The van der Waals surface area contributed by atoms with Gasteiger partial charge in [-0.3, -0.25) is 0 Å². The average Bonchev–Trinajstić information content (AvgIpc) is 3.11. The number of nitrogens with zero attached hydrogens (tertiary/aromatic N) is 1. The van der Waals surface area contributed by atoms with Crippen LogP contribution in [0.25, 0.3) is 0 Å². The fourth-order valence-electron chi connectivity index (χ4n) is 3.23. The maximum absolute atomic E-state index is 13.0. The molecule has 0 bridgehead atoms. The van der Waals surface area contributed by atoms with Crippen molar-refractivity contribution in [1.29, 1.82) is 0 Å². The Morgan fingerprint density at radius 2 is 1.80 bits per heavy atom. The Balaban J connectivity index is 1.82. The van der Waals surface area contributed by atoms with Gasteiger partial charge < -0.3 is 4.74 Å². The Morgan fingerprint density at radius 1 is 1.12 bits per heavy atom. The summed E-state index contributed by atoms with van der Waals surface area (Å²) in [6, 6.07) is 15.8. The minimum Gasteiger partial charge on any atom is -0.465 e. The van der Waals surface area contributed by atoms with Crippen LogP contribution >= 0.6 is 0 Å². The van der Waals surface area contributed by atoms with E-state index in [1.807, 2.05) is 30.3 Å². The lowest BCUT2D eigenvalue weighted by Crippen LogP contribution is -2.36. The summed E-state index contributed by atoms with van der Waals surface area (Å²) in [6.07, 6.45) is 2.42. The molecule has 3 rings (SSSR count). The lowest BCUT2D eigenvalue weighted by Gasteiger charge is -2.24. The number of sulfonamides is 1. The molecule has 1 atom stereocenters. The van der Waals surface area contributed by atoms with E-state index in [2.05, 4.69) is 4.74 Å². The summed E-state index contributed by atoms with van der Waals surface area (Å²) in [5, 5.41) is 0. The van der Waals surface area contributed by atoms with Crippen molar-refractivity contribution in [2.24, 2.45) is 0 Å². The first-order valence-electron chi connectivity index (χ1n) is 8.26. The van der Waals surface area contributed by atoms with Gasteiger partial charge >= 0.3 is 5.97 Å². The minimum absolute atomic E-state index is 0.0346. The van der Waals surface area contributed by atoms with E-state index in [0.29, 0.717) is 18.5 Å². The third-order valence-corrected chi connectivity index (χ3v) is 6.49. The van der Waals surface area contributed by atoms with Gasteiger partial charge in [0.2, 0.25) is 10.0 Å². The van der Waals surface area contributed by atoms with E-state index in [0.717, 1.165) is 18.4 Å². The van der Waals surface area contributed by atoms with E-state index in [1.165, 1.54) is 31.4 Å². The lowest BCUT2D eigenvalue weighted by molar-refractivity contribution is 0.0600. The first-order chi connectivity index (χ1) is 12.0. The van der Waals surface area contributed by atoms with E-state index >= 15 is 0 Å². The highest BCUT2D eigenvalue weighted by Crippen LogP contribution is 2.28. The van der Waals surface area contributed by atoms with E-state index in [1.54, 1.807) is 4.31 Å². The van der Waals surface area contributed by atoms with Gasteiger partial charge in [-0.15, -0.1) is 0 Å². The quantitative estimate of drug-likeness (QED) is 0.770. The summed E-state index contributed by atoms with van der Waals surface area (Å²) < 4.78 is 32.2. The second-order valence-corrected chi connectivity index (χ2v) is 8.01. The topological polar surface area (TPSA) is 63.7 Å². The van der Waals surface area contributed by atoms with Crippen LogP contribution in [0, 0.1) is 0 Å². The molecule has 2 aromatic rings. The monoisotopic (exact) mass is 359 g/mol. The molecule has 1 saturated heterocycles. The fourth-order valence-corrected chi connectivity index (χ4v) is 4.92. The number of rotatable bonds is 5. The van der Waals surface area contributed by atoms with Crippen molar-refractivity contribution in [3.8, 4) is 0 Å². The molecular weight excluding hydrogens is 338 g/mol. The van der Waals surface area contributed by atoms with E-state index in [9.17, 15) is 13.2 Å². The Kier molecular flexibility index (Phi) is 5.20. The van der Waals surface area contributed by atoms with Crippen LogP contribution in [-0.2, 0) is 21.2 Å². The number of ether oxygens (including phenoxy) is 1. The number of carbonyl (C=O) groups is 1. The maximum atomic E-state index is 13.0. The van der Waals surface area contributed by atoms with Crippen LogP contribution in [0.15, 0.2) is 59.5 Å². The molecule has 132 valence electrons. The van der Waals surface area contributed by atoms with Gasteiger partial charge in [0.15, 0.2) is 0 Å². The number of methoxy groups -OCH3 is 1. The van der Waals surface area contributed by atoms with Crippen LogP contribution in [0.3, 0.4) is 0 Å². The Hall–Kier alpha value is -2.18. The molecule has 0 unspecified atom stereocenters. The van der Waals surface area contributed by atoms with E-state index < -0.39 is 16.0 Å². The van der Waals surface area contributed by atoms with Crippen molar-refractivity contribution in [2.75, 3.05) is 13.7 Å². The maximum Gasteiger partial charge on any atom is 0.337 e. The summed E-state index contributed by atoms with van der Waals surface area (Å²) in [5.41, 5.74) is 1.47. The third-order valence-electron chi connectivity index (χ3n) is 4.52. The second-order valence-electron chi connectivity index (χ2n) is 6.12. The predicted octanol–water partition coefficient (Wildman–Crippen LogP) is 2.87. The molecular formula is C19H21NO4S. The average molecular weight is 359 g/mol. The van der Waals surface area contributed by atoms with E-state index in [-0.39, 0.29) is 10.9 Å². The summed E-state index contributed by atoms with van der Waals surface area (Å²) in [7, 11) is -2.28. The van der Waals surface area contributed by atoms with Gasteiger partial charge in [-0.1, -0.05) is 30.3 Å². The molecule has 0 saturated carbocycles. The van der Waals surface area contributed by atoms with Gasteiger partial charge in [-0.25, -0.2) is 13.2 Å². The lowest BCUT2D eigenvalue weighted by atomic mass is 10.1. The van der Waals surface area contributed by atoms with Gasteiger partial charge in [-0.2, -0.15) is 4.31 Å². The first-order valence-corrected chi connectivity index (χ1v) is 9.70. The van der Waals surface area contributed by atoms with Crippen molar-refractivity contribution in [3.05, 3.63) is 65.7 Å². The zero-order valence-electron chi connectivity index (χ0n) is 14.1. The van der Waals surface area contributed by atoms with E-state index in [4.69, 9.17) is 0 Å². The summed E-state index contributed by atoms with van der Waals surface area (Å²) in [5.74, 6) is -0.480. The number of hydrogen-bond acceptors (Lipinski definition) is 4. The molecule has 5 nitrogen and oxygen atoms in total. The van der Waals surface area contributed by atoms with Gasteiger partial charge in [0.25, 0.3) is 0 Å². The van der Waals surface area contributed by atoms with Crippen molar-refractivity contribution >= 4 is 16.0 Å². The molecule has 0 N–H and O–H groups in total. The first kappa shape index (κ1) is 17.6. The van der Waals surface area contributed by atoms with Crippen molar-refractivity contribution < 1.29 is 17.9 Å². The fraction of sp³-hybridized carbons (Fsp3) is 0.316. The van der Waals surface area contributed by atoms with Crippen LogP contribution in [0.5, 0.6) is 0 Å². The number of esters is 1. The Labute approximate surface area is 148 Å². The van der Waals surface area contributed by atoms with Crippen LogP contribution in [-0.4, -0.2) is 38.4 Å². The molecule has 0 aliphatic carbocycles. The van der Waals surface area contributed by atoms with Crippen molar-refractivity contribution in [2.45, 2.75) is 30.2 Å². The smallest absolute Gasteiger partial charge is 0.337 e. The number of hydrogen-bond donors (Lipinski definition) is 0. The van der Waals surface area contributed by atoms with Crippen LogP contribution in [0.1, 0.15) is 28.8 Å². The summed E-state index contributed by atoms with van der Waals surface area (Å²) >= 11 is 0. The molecule has 0 spiro atoms. The Morgan fingerprint density at radius 3 is 2.44 bits per heavy atom. The van der Waals surface area contributed by atoms with Crippen molar-refractivity contribution in [3.63, 3.8) is 0 Å². The molecule has 2 aromatic carbocycles. The van der Waals surface area contributed by atoms with Gasteiger partial charge in [0.05, 0.1) is 17.6 Å². The third kappa shape index (κ3) is 3.75. The van der Waals surface area contributed by atoms with Crippen LogP contribution < -0.4 is 0 Å². The molecule has 1 heterocycles. The normalized spacial score (nSPS) is 18.2. The van der Waals surface area contributed by atoms with Gasteiger partial charge in [0, 0.05) is 12.6 Å². The molecule has 0 radical (unpaired) electrons. The molecule has 0 aromatic heterocycles. The van der Waals surface area contributed by atoms with Crippen molar-refractivity contribution in [1.82, 2.24) is 4.31 Å². The van der Waals surface area contributed by atoms with Crippen LogP contribution in [0.2, 0.25) is 0 Å². The van der Waals surface area contributed by atoms with Gasteiger partial charge in [-0.05, 0) is 49.1 Å². The molecule has 25 heavy (non-hydrogen) atoms. The highest BCUT2D eigenvalue weighted by atomic mass is 32.2. The predicted molar refractivity (Wildman–Crippen MR) is 94.8 cm³/mol.